The van der Waals surface area contributed by atoms with Gasteiger partial charge in [-0.3, -0.25) is 23.9 Å². The molecule has 0 spiro atoms. The van der Waals surface area contributed by atoms with Crippen molar-refractivity contribution in [2.24, 2.45) is 17.8 Å². The van der Waals surface area contributed by atoms with E-state index >= 15 is 0 Å². The number of rotatable bonds is 6. The molecule has 7 rings (SSSR count). The number of benzene rings is 2. The van der Waals surface area contributed by atoms with Gasteiger partial charge in [0.2, 0.25) is 21.8 Å². The normalized spacial score (nSPS) is 28.7. The van der Waals surface area contributed by atoms with E-state index in [-0.39, 0.29) is 43.6 Å². The third kappa shape index (κ3) is 8.42. The van der Waals surface area contributed by atoms with Gasteiger partial charge < -0.3 is 30.3 Å². The fourth-order valence-electron chi connectivity index (χ4n) is 8.35. The van der Waals surface area contributed by atoms with E-state index in [9.17, 15) is 37.5 Å². The fraction of sp³-hybridized carbons (Fsp3) is 0.537. The van der Waals surface area contributed by atoms with Gasteiger partial charge in [0.05, 0.1) is 5.25 Å². The number of nitrogens with one attached hydrogen (secondary N) is 3. The molecule has 2 aromatic carbocycles. The second-order valence-corrected chi connectivity index (χ2v) is 18.9. The zero-order valence-corrected chi connectivity index (χ0v) is 32.8. The van der Waals surface area contributed by atoms with Gasteiger partial charge in [0.25, 0.3) is 11.8 Å². The third-order valence-corrected chi connectivity index (χ3v) is 13.3. The number of carbonyl (C=O) groups is 5. The summed E-state index contributed by atoms with van der Waals surface area (Å²) in [7, 11) is -3.92. The maximum Gasteiger partial charge on any atom is 0.408 e. The lowest BCUT2D eigenvalue weighted by Gasteiger charge is -2.33. The molecule has 3 heterocycles. The first-order chi connectivity index (χ1) is 26.5. The highest BCUT2D eigenvalue weighted by molar-refractivity contribution is 7.91. The fourth-order valence-corrected chi connectivity index (χ4v) is 9.72. The Hall–Kier alpha value is -4.92. The summed E-state index contributed by atoms with van der Waals surface area (Å²) in [6, 6.07) is 11.7. The molecule has 6 atom stereocenters. The molecule has 14 nitrogen and oxygen atoms in total. The Balaban J connectivity index is 1.18. The molecule has 4 fully saturated rings. The number of hydrogen-bond acceptors (Lipinski definition) is 9. The van der Waals surface area contributed by atoms with Crippen LogP contribution in [0.5, 0.6) is 5.75 Å². The molecule has 2 saturated heterocycles. The molecule has 0 bridgehead atoms. The second-order valence-electron chi connectivity index (χ2n) is 16.9. The molecular weight excluding hydrogens is 739 g/mol. The zero-order chi connectivity index (χ0) is 40.0. The van der Waals surface area contributed by atoms with Crippen LogP contribution in [0.15, 0.2) is 60.7 Å². The smallest absolute Gasteiger partial charge is 0.408 e. The molecule has 4 N–H and O–H groups in total. The molecule has 300 valence electrons. The van der Waals surface area contributed by atoms with Crippen LogP contribution >= 0.6 is 0 Å². The van der Waals surface area contributed by atoms with Gasteiger partial charge in [-0.1, -0.05) is 49.3 Å². The average Bonchev–Trinajstić information content (AvgIpc) is 4.04. The summed E-state index contributed by atoms with van der Waals surface area (Å²) < 4.78 is 33.5. The number of nitrogens with zero attached hydrogens (tertiary/aromatic N) is 2. The molecular formula is C41H51N5O9S. The van der Waals surface area contributed by atoms with Crippen molar-refractivity contribution in [2.75, 3.05) is 19.6 Å². The number of ether oxygens (including phenoxy) is 1. The van der Waals surface area contributed by atoms with Crippen molar-refractivity contribution in [3.05, 3.63) is 66.2 Å². The Bertz CT molecular complexity index is 2030. The monoisotopic (exact) mass is 789 g/mol. The van der Waals surface area contributed by atoms with Crippen LogP contribution < -0.4 is 15.4 Å². The van der Waals surface area contributed by atoms with Crippen LogP contribution in [-0.4, -0.2) is 101 Å². The predicted octanol–water partition coefficient (Wildman–Crippen LogP) is 3.86. The third-order valence-electron chi connectivity index (χ3n) is 11.5. The minimum atomic E-state index is -3.92. The van der Waals surface area contributed by atoms with Gasteiger partial charge in [0.1, 0.15) is 29.0 Å². The number of carbonyl (C=O) groups excluding carboxylic acids is 5. The summed E-state index contributed by atoms with van der Waals surface area (Å²) in [5, 5.41) is 14.8. The summed E-state index contributed by atoms with van der Waals surface area (Å²) in [6.07, 6.45) is 7.34. The van der Waals surface area contributed by atoms with Crippen LogP contribution in [0.1, 0.15) is 82.5 Å². The highest BCUT2D eigenvalue weighted by Gasteiger charge is 2.63. The van der Waals surface area contributed by atoms with E-state index < -0.39 is 74.1 Å². The Morgan fingerprint density at radius 2 is 1.70 bits per heavy atom. The van der Waals surface area contributed by atoms with Crippen LogP contribution in [0.2, 0.25) is 0 Å². The van der Waals surface area contributed by atoms with Crippen LogP contribution in [0.4, 0.5) is 4.79 Å². The van der Waals surface area contributed by atoms with Crippen LogP contribution in [0.25, 0.3) is 11.1 Å². The lowest BCUT2D eigenvalue weighted by atomic mass is 9.93. The Morgan fingerprint density at radius 1 is 0.946 bits per heavy atom. The van der Waals surface area contributed by atoms with Crippen molar-refractivity contribution in [1.82, 2.24) is 25.2 Å². The lowest BCUT2D eigenvalue weighted by Crippen LogP contribution is -2.60. The van der Waals surface area contributed by atoms with E-state index in [0.29, 0.717) is 37.7 Å². The van der Waals surface area contributed by atoms with E-state index in [4.69, 9.17) is 4.74 Å². The second kappa shape index (κ2) is 15.2. The topological polar surface area (TPSA) is 192 Å². The number of aromatic hydroxyl groups is 1. The van der Waals surface area contributed by atoms with Crippen molar-refractivity contribution in [3.8, 4) is 16.9 Å². The van der Waals surface area contributed by atoms with E-state index in [1.807, 2.05) is 18.2 Å². The summed E-state index contributed by atoms with van der Waals surface area (Å²) in [4.78, 5) is 73.3. The Morgan fingerprint density at radius 3 is 2.41 bits per heavy atom. The number of allylic oxidation sites excluding steroid dienone is 1. The molecule has 0 unspecified atom stereocenters. The summed E-state index contributed by atoms with van der Waals surface area (Å²) >= 11 is 0. The number of phenolic OH excluding ortho intramolecular Hbond substituents is 1. The van der Waals surface area contributed by atoms with Gasteiger partial charge in [0.15, 0.2) is 0 Å². The van der Waals surface area contributed by atoms with E-state index in [2.05, 4.69) is 15.4 Å². The number of amides is 5. The molecule has 56 heavy (non-hydrogen) atoms. The standard InChI is InChI=1S/C41H51N5O9S/c1-40(2,3)55-39(52)42-33-13-8-6-4-5-7-12-29-21-41(29,38(51)44-56(53,54)31-18-19-31)43-35(48)34-32-24-45(22-28(32)23-46(34)37(33)50)36(49)27-11-9-10-26(20-27)25-14-16-30(47)17-15-25/h7,9-12,14-17,20,28-29,31-34,47H,4-6,8,13,18-19,21-24H2,1-3H3,(H,42,52)(H,43,48)(H,44,51)/b12-7-/t28-,29-,32-,33+,34-,41+/m0/s1. The van der Waals surface area contributed by atoms with E-state index in [0.717, 1.165) is 24.0 Å². The number of phenols is 1. The molecule has 15 heteroatoms. The van der Waals surface area contributed by atoms with Crippen LogP contribution in [0, 0.1) is 17.8 Å². The molecule has 2 aliphatic carbocycles. The van der Waals surface area contributed by atoms with Gasteiger partial charge >= 0.3 is 6.09 Å². The maximum absolute atomic E-state index is 14.7. The van der Waals surface area contributed by atoms with Gasteiger partial charge in [-0.15, -0.1) is 0 Å². The SMILES string of the molecule is CC(C)(C)OC(=O)N[C@@H]1CCCCC/C=C\[C@H]2C[C@@]2(C(=O)NS(=O)(=O)C2CC2)NC(=O)[C@@H]2[C@H]3CN(C(=O)c4cccc(-c5ccc(O)cc5)c4)C[C@H]3CN2C1=O. The van der Waals surface area contributed by atoms with Gasteiger partial charge in [-0.2, -0.15) is 0 Å². The molecule has 5 amide bonds. The summed E-state index contributed by atoms with van der Waals surface area (Å²) in [6.45, 7) is 5.72. The summed E-state index contributed by atoms with van der Waals surface area (Å²) in [5.41, 5.74) is -0.287. The summed E-state index contributed by atoms with van der Waals surface area (Å²) in [5.74, 6) is -3.24. The lowest BCUT2D eigenvalue weighted by molar-refractivity contribution is -0.142. The molecule has 5 aliphatic rings. The molecule has 3 aliphatic heterocycles. The average molecular weight is 790 g/mol. The van der Waals surface area contributed by atoms with Crippen LogP contribution in [0.3, 0.4) is 0 Å². The largest absolute Gasteiger partial charge is 0.508 e. The highest BCUT2D eigenvalue weighted by Crippen LogP contribution is 2.47. The maximum atomic E-state index is 14.7. The van der Waals surface area contributed by atoms with E-state index in [1.54, 1.807) is 68.1 Å². The number of alkyl carbamates (subject to hydrolysis) is 1. The van der Waals surface area contributed by atoms with Gasteiger partial charge in [-0.25, -0.2) is 13.2 Å². The molecule has 2 saturated carbocycles. The minimum absolute atomic E-state index is 0.129. The Labute approximate surface area is 327 Å². The Kier molecular flexibility index (Phi) is 10.7. The first kappa shape index (κ1) is 39.3. The van der Waals surface area contributed by atoms with Crippen LogP contribution in [-0.2, 0) is 29.1 Å². The number of fused-ring (bicyclic) bond motifs is 4. The highest BCUT2D eigenvalue weighted by atomic mass is 32.2. The molecule has 2 aromatic rings. The predicted molar refractivity (Wildman–Crippen MR) is 206 cm³/mol. The molecule has 0 radical (unpaired) electrons. The van der Waals surface area contributed by atoms with Crippen molar-refractivity contribution < 1.29 is 42.2 Å². The molecule has 0 aromatic heterocycles. The van der Waals surface area contributed by atoms with Crippen molar-refractivity contribution in [3.63, 3.8) is 0 Å². The number of hydrogen-bond donors (Lipinski definition) is 4. The van der Waals surface area contributed by atoms with Crippen molar-refractivity contribution >= 4 is 39.7 Å². The van der Waals surface area contributed by atoms with Gasteiger partial charge in [-0.05, 0) is 94.7 Å². The van der Waals surface area contributed by atoms with Crippen molar-refractivity contribution in [2.45, 2.75) is 101 Å². The number of likely N-dealkylation sites (tertiary alicyclic amines) is 1. The first-order valence-electron chi connectivity index (χ1n) is 19.6. The quantitative estimate of drug-likeness (QED) is 0.315. The minimum Gasteiger partial charge on any atom is -0.508 e. The van der Waals surface area contributed by atoms with Gasteiger partial charge in [0, 0.05) is 43.0 Å². The number of sulfonamides is 1. The van der Waals surface area contributed by atoms with Crippen molar-refractivity contribution in [1.29, 1.82) is 0 Å². The first-order valence-corrected chi connectivity index (χ1v) is 21.1. The van der Waals surface area contributed by atoms with E-state index in [1.165, 1.54) is 4.90 Å². The zero-order valence-electron chi connectivity index (χ0n) is 32.0.